The topological polar surface area (TPSA) is 75.6 Å². The van der Waals surface area contributed by atoms with Crippen LogP contribution < -0.4 is 10.1 Å². The van der Waals surface area contributed by atoms with Crippen LogP contribution in [0.5, 0.6) is 5.75 Å². The summed E-state index contributed by atoms with van der Waals surface area (Å²) in [6.45, 7) is 9.42. The van der Waals surface area contributed by atoms with Crippen molar-refractivity contribution in [3.05, 3.63) is 87.9 Å². The minimum atomic E-state index is -0.929. The van der Waals surface area contributed by atoms with Gasteiger partial charge in [0.2, 0.25) is 0 Å². The zero-order valence-electron chi connectivity index (χ0n) is 22.1. The van der Waals surface area contributed by atoms with Gasteiger partial charge >= 0.3 is 5.97 Å². The summed E-state index contributed by atoms with van der Waals surface area (Å²) < 4.78 is 6.23. The van der Waals surface area contributed by atoms with Crippen LogP contribution in [-0.2, 0) is 11.2 Å². The molecule has 0 saturated carbocycles. The van der Waals surface area contributed by atoms with Gasteiger partial charge in [-0.15, -0.1) is 0 Å². The van der Waals surface area contributed by atoms with Crippen LogP contribution in [0.2, 0.25) is 5.02 Å². The number of aliphatic carboxylic acids is 1. The number of ether oxygens (including phenoxy) is 1. The van der Waals surface area contributed by atoms with E-state index in [1.807, 2.05) is 36.4 Å². The van der Waals surface area contributed by atoms with Crippen LogP contribution in [0.3, 0.4) is 0 Å². The fraction of sp³-hybridized carbons (Fsp3) is 0.355. The van der Waals surface area contributed by atoms with Crippen LogP contribution in [0.15, 0.2) is 60.7 Å². The summed E-state index contributed by atoms with van der Waals surface area (Å²) in [4.78, 5) is 22.7. The van der Waals surface area contributed by atoms with Gasteiger partial charge in [-0.25, -0.2) is 0 Å². The van der Waals surface area contributed by atoms with Gasteiger partial charge in [-0.2, -0.15) is 0 Å². The van der Waals surface area contributed by atoms with Gasteiger partial charge in [0.15, 0.2) is 0 Å². The molecule has 2 N–H and O–H groups in total. The highest BCUT2D eigenvalue weighted by molar-refractivity contribution is 6.30. The van der Waals surface area contributed by atoms with Gasteiger partial charge in [0.05, 0.1) is 13.0 Å². The van der Waals surface area contributed by atoms with E-state index in [0.29, 0.717) is 12.2 Å². The molecule has 0 saturated heterocycles. The van der Waals surface area contributed by atoms with Crippen molar-refractivity contribution in [1.29, 1.82) is 0 Å². The van der Waals surface area contributed by atoms with Gasteiger partial charge in [0.25, 0.3) is 5.91 Å². The molecular formula is C31H36ClNO4. The van der Waals surface area contributed by atoms with Crippen LogP contribution in [0.25, 0.3) is 11.1 Å². The maximum absolute atomic E-state index is 12.1. The molecule has 0 atom stereocenters. The number of nitrogens with one attached hydrogen (secondary N) is 1. The second kappa shape index (κ2) is 12.8. The summed E-state index contributed by atoms with van der Waals surface area (Å²) in [5.41, 5.74) is 6.44. The number of carboxylic acid groups (broad SMARTS) is 1. The number of halogens is 1. The van der Waals surface area contributed by atoms with E-state index in [1.165, 1.54) is 22.3 Å². The normalized spacial score (nSPS) is 11.3. The number of hydrogen-bond donors (Lipinski definition) is 2. The number of carbonyl (C=O) groups excluding carboxylic acids is 1. The second-order valence-corrected chi connectivity index (χ2v) is 10.8. The van der Waals surface area contributed by atoms with Gasteiger partial charge in [-0.3, -0.25) is 9.59 Å². The molecule has 0 bridgehead atoms. The van der Waals surface area contributed by atoms with E-state index in [4.69, 9.17) is 21.4 Å². The zero-order chi connectivity index (χ0) is 27.0. The molecular weight excluding hydrogens is 486 g/mol. The quantitative estimate of drug-likeness (QED) is 0.263. The average molecular weight is 522 g/mol. The Bertz CT molecular complexity index is 1190. The molecule has 37 heavy (non-hydrogen) atoms. The van der Waals surface area contributed by atoms with Crippen LogP contribution in [0, 0.1) is 19.3 Å². The number of carboxylic acids is 1. The molecule has 3 rings (SSSR count). The number of hydrogen-bond acceptors (Lipinski definition) is 3. The molecule has 0 aliphatic rings. The van der Waals surface area contributed by atoms with Crippen molar-refractivity contribution in [2.75, 3.05) is 13.2 Å². The minimum Gasteiger partial charge on any atom is -0.493 e. The van der Waals surface area contributed by atoms with Gasteiger partial charge in [0, 0.05) is 17.1 Å². The van der Waals surface area contributed by atoms with Crippen molar-refractivity contribution in [3.8, 4) is 16.9 Å². The summed E-state index contributed by atoms with van der Waals surface area (Å²) >= 11 is 6.05. The van der Waals surface area contributed by atoms with Crippen molar-refractivity contribution in [1.82, 2.24) is 5.32 Å². The van der Waals surface area contributed by atoms with E-state index < -0.39 is 5.97 Å². The highest BCUT2D eigenvalue weighted by atomic mass is 35.5. The number of benzene rings is 3. The fourth-order valence-corrected chi connectivity index (χ4v) is 4.53. The third-order valence-electron chi connectivity index (χ3n) is 6.43. The molecule has 1 amide bonds. The molecule has 196 valence electrons. The molecule has 0 spiro atoms. The third-order valence-corrected chi connectivity index (χ3v) is 6.68. The Morgan fingerprint density at radius 1 is 0.973 bits per heavy atom. The van der Waals surface area contributed by atoms with Gasteiger partial charge in [0.1, 0.15) is 5.75 Å². The lowest BCUT2D eigenvalue weighted by Crippen LogP contribution is -2.25. The highest BCUT2D eigenvalue weighted by Gasteiger charge is 2.19. The number of amides is 1. The minimum absolute atomic E-state index is 0.0145. The molecule has 0 aromatic heterocycles. The van der Waals surface area contributed by atoms with E-state index in [1.54, 1.807) is 12.1 Å². The third kappa shape index (κ3) is 8.64. The van der Waals surface area contributed by atoms with Crippen LogP contribution in [0.1, 0.15) is 60.2 Å². The predicted octanol–water partition coefficient (Wildman–Crippen LogP) is 7.26. The smallest absolute Gasteiger partial charge is 0.305 e. The lowest BCUT2D eigenvalue weighted by atomic mass is 9.87. The Balaban J connectivity index is 1.49. The molecule has 0 fully saturated rings. The molecule has 0 aliphatic carbocycles. The molecule has 0 heterocycles. The molecule has 6 heteroatoms. The van der Waals surface area contributed by atoms with Crippen molar-refractivity contribution < 1.29 is 19.4 Å². The summed E-state index contributed by atoms with van der Waals surface area (Å²) in [6.07, 6.45) is 2.84. The standard InChI is InChI=1S/C31H36ClNO4/c1-21-18-27(19-22(2)29(21)24-11-13-26(32)14-12-24)37-20-31(3,4)16-5-6-23-7-9-25(10-8-23)30(36)33-17-15-28(34)35/h7-14,18-19H,5-6,15-17,20H2,1-4H3,(H,33,36)(H,34,35). The largest absolute Gasteiger partial charge is 0.493 e. The zero-order valence-corrected chi connectivity index (χ0v) is 22.8. The number of rotatable bonds is 12. The Morgan fingerprint density at radius 3 is 2.19 bits per heavy atom. The Hall–Kier alpha value is -3.31. The molecule has 0 radical (unpaired) electrons. The van der Waals surface area contributed by atoms with Crippen LogP contribution >= 0.6 is 11.6 Å². The van der Waals surface area contributed by atoms with Crippen molar-refractivity contribution in [2.45, 2.75) is 53.4 Å². The lowest BCUT2D eigenvalue weighted by molar-refractivity contribution is -0.136. The first-order valence-corrected chi connectivity index (χ1v) is 13.0. The van der Waals surface area contributed by atoms with Gasteiger partial charge in [-0.1, -0.05) is 49.7 Å². The maximum Gasteiger partial charge on any atom is 0.305 e. The maximum atomic E-state index is 12.1. The van der Waals surface area contributed by atoms with E-state index in [-0.39, 0.29) is 24.3 Å². The first kappa shape index (κ1) is 28.3. The van der Waals surface area contributed by atoms with Gasteiger partial charge < -0.3 is 15.2 Å². The van der Waals surface area contributed by atoms with Crippen LogP contribution in [-0.4, -0.2) is 30.1 Å². The molecule has 0 unspecified atom stereocenters. The molecule has 3 aromatic carbocycles. The molecule has 5 nitrogen and oxygen atoms in total. The number of carbonyl (C=O) groups is 2. The van der Waals surface area contributed by atoms with Gasteiger partial charge in [-0.05, 0) is 103 Å². The van der Waals surface area contributed by atoms with E-state index in [0.717, 1.165) is 35.6 Å². The van der Waals surface area contributed by atoms with E-state index in [2.05, 4.69) is 45.1 Å². The van der Waals surface area contributed by atoms with Crippen molar-refractivity contribution in [3.63, 3.8) is 0 Å². The Labute approximate surface area is 224 Å². The number of aryl methyl sites for hydroxylation is 3. The summed E-state index contributed by atoms with van der Waals surface area (Å²) in [7, 11) is 0. The van der Waals surface area contributed by atoms with Crippen molar-refractivity contribution >= 4 is 23.5 Å². The van der Waals surface area contributed by atoms with Crippen molar-refractivity contribution in [2.24, 2.45) is 5.41 Å². The fourth-order valence-electron chi connectivity index (χ4n) is 4.41. The first-order chi connectivity index (χ1) is 17.5. The summed E-state index contributed by atoms with van der Waals surface area (Å²) in [5, 5.41) is 12.0. The molecule has 3 aromatic rings. The lowest BCUT2D eigenvalue weighted by Gasteiger charge is -2.25. The van der Waals surface area contributed by atoms with Crippen LogP contribution in [0.4, 0.5) is 0 Å². The SMILES string of the molecule is Cc1cc(OCC(C)(C)CCCc2ccc(C(=O)NCCC(=O)O)cc2)cc(C)c1-c1ccc(Cl)cc1. The van der Waals surface area contributed by atoms with E-state index in [9.17, 15) is 9.59 Å². The Kier molecular flexibility index (Phi) is 9.76. The van der Waals surface area contributed by atoms with E-state index >= 15 is 0 Å². The predicted molar refractivity (Wildman–Crippen MR) is 150 cm³/mol. The first-order valence-electron chi connectivity index (χ1n) is 12.6. The molecule has 0 aliphatic heterocycles. The Morgan fingerprint density at radius 2 is 1.59 bits per heavy atom. The second-order valence-electron chi connectivity index (χ2n) is 10.3. The summed E-state index contributed by atoms with van der Waals surface area (Å²) in [6, 6.07) is 19.6. The highest BCUT2D eigenvalue weighted by Crippen LogP contribution is 2.33. The average Bonchev–Trinajstić information content (AvgIpc) is 2.84. The monoisotopic (exact) mass is 521 g/mol. The summed E-state index contributed by atoms with van der Waals surface area (Å²) in [5.74, 6) is -0.294.